The maximum atomic E-state index is 13.2. The molecule has 0 bridgehead atoms. The van der Waals surface area contributed by atoms with Gasteiger partial charge in [0.2, 0.25) is 0 Å². The second-order valence-corrected chi connectivity index (χ2v) is 5.64. The van der Waals surface area contributed by atoms with Gasteiger partial charge in [-0.15, -0.1) is 0 Å². The molecule has 1 saturated carbocycles. The van der Waals surface area contributed by atoms with Crippen molar-refractivity contribution in [1.29, 1.82) is 0 Å². The number of hydrogen-bond acceptors (Lipinski definition) is 2. The molecule has 1 aromatic heterocycles. The van der Waals surface area contributed by atoms with Gasteiger partial charge in [0.15, 0.2) is 0 Å². The van der Waals surface area contributed by atoms with E-state index >= 15 is 0 Å². The standard InChI is InChI=1S/C15H21FN2/c1-2-14-7-11(8-15(17-14)12-3-4-12)9-18-6-5-13(16)10-18/h7-8,12-13H,2-6,9-10H2,1H3. The SMILES string of the molecule is CCc1cc(CN2CCC(F)C2)cc(C2CC2)n1. The third-order valence-electron chi connectivity index (χ3n) is 3.94. The molecule has 3 heteroatoms. The van der Waals surface area contributed by atoms with Gasteiger partial charge in [0.25, 0.3) is 0 Å². The van der Waals surface area contributed by atoms with Crippen molar-refractivity contribution in [3.05, 3.63) is 29.1 Å². The van der Waals surface area contributed by atoms with E-state index in [1.54, 1.807) is 0 Å². The molecule has 0 spiro atoms. The van der Waals surface area contributed by atoms with Gasteiger partial charge in [-0.1, -0.05) is 6.92 Å². The molecule has 1 aliphatic carbocycles. The molecule has 98 valence electrons. The molecule has 2 fully saturated rings. The highest BCUT2D eigenvalue weighted by atomic mass is 19.1. The molecule has 1 aromatic rings. The van der Waals surface area contributed by atoms with Crippen LogP contribution in [0.1, 0.15) is 49.1 Å². The summed E-state index contributed by atoms with van der Waals surface area (Å²) in [4.78, 5) is 6.93. The van der Waals surface area contributed by atoms with Gasteiger partial charge in [-0.05, 0) is 43.4 Å². The van der Waals surface area contributed by atoms with Gasteiger partial charge in [0, 0.05) is 36.9 Å². The molecule has 1 aliphatic heterocycles. The molecule has 1 saturated heterocycles. The van der Waals surface area contributed by atoms with Crippen molar-refractivity contribution >= 4 is 0 Å². The molecular weight excluding hydrogens is 227 g/mol. The van der Waals surface area contributed by atoms with Crippen LogP contribution < -0.4 is 0 Å². The van der Waals surface area contributed by atoms with Crippen LogP contribution in [0.15, 0.2) is 12.1 Å². The molecule has 1 unspecified atom stereocenters. The van der Waals surface area contributed by atoms with E-state index in [0.717, 1.165) is 19.5 Å². The van der Waals surface area contributed by atoms with Crippen molar-refractivity contribution < 1.29 is 4.39 Å². The summed E-state index contributed by atoms with van der Waals surface area (Å²) in [7, 11) is 0. The number of aromatic nitrogens is 1. The fraction of sp³-hybridized carbons (Fsp3) is 0.667. The number of halogens is 1. The van der Waals surface area contributed by atoms with Crippen LogP contribution >= 0.6 is 0 Å². The number of rotatable bonds is 4. The van der Waals surface area contributed by atoms with Gasteiger partial charge < -0.3 is 0 Å². The fourth-order valence-corrected chi connectivity index (χ4v) is 2.72. The van der Waals surface area contributed by atoms with Crippen LogP contribution in [-0.4, -0.2) is 29.1 Å². The van der Waals surface area contributed by atoms with Crippen LogP contribution in [0.2, 0.25) is 0 Å². The monoisotopic (exact) mass is 248 g/mol. The van der Waals surface area contributed by atoms with Crippen molar-refractivity contribution in [2.75, 3.05) is 13.1 Å². The minimum absolute atomic E-state index is 0.600. The van der Waals surface area contributed by atoms with Gasteiger partial charge >= 0.3 is 0 Å². The van der Waals surface area contributed by atoms with Crippen LogP contribution in [0.4, 0.5) is 4.39 Å². The maximum absolute atomic E-state index is 13.2. The molecule has 0 aromatic carbocycles. The van der Waals surface area contributed by atoms with E-state index < -0.39 is 6.17 Å². The van der Waals surface area contributed by atoms with E-state index in [0.29, 0.717) is 18.9 Å². The zero-order valence-corrected chi connectivity index (χ0v) is 11.0. The first-order chi connectivity index (χ1) is 8.74. The van der Waals surface area contributed by atoms with Gasteiger partial charge in [0.1, 0.15) is 6.17 Å². The molecule has 3 rings (SSSR count). The van der Waals surface area contributed by atoms with E-state index in [1.807, 2.05) is 0 Å². The molecule has 0 radical (unpaired) electrons. The molecule has 2 aliphatic rings. The number of hydrogen-bond donors (Lipinski definition) is 0. The van der Waals surface area contributed by atoms with Crippen LogP contribution in [0.25, 0.3) is 0 Å². The number of alkyl halides is 1. The van der Waals surface area contributed by atoms with E-state index in [1.165, 1.54) is 29.8 Å². The predicted octanol–water partition coefficient (Wildman–Crippen LogP) is 3.07. The first-order valence-corrected chi connectivity index (χ1v) is 7.10. The number of likely N-dealkylation sites (tertiary alicyclic amines) is 1. The topological polar surface area (TPSA) is 16.1 Å². The average molecular weight is 248 g/mol. The van der Waals surface area contributed by atoms with Gasteiger partial charge in [-0.3, -0.25) is 9.88 Å². The molecule has 18 heavy (non-hydrogen) atoms. The van der Waals surface area contributed by atoms with Crippen molar-refractivity contribution in [3.8, 4) is 0 Å². The minimum Gasteiger partial charge on any atom is -0.296 e. The highest BCUT2D eigenvalue weighted by molar-refractivity contribution is 5.26. The average Bonchev–Trinajstić information content (AvgIpc) is 3.14. The highest BCUT2D eigenvalue weighted by Gasteiger charge is 2.26. The molecular formula is C15H21FN2. The summed E-state index contributed by atoms with van der Waals surface area (Å²) in [6.07, 6.45) is 3.63. The van der Waals surface area contributed by atoms with E-state index in [2.05, 4.69) is 24.0 Å². The van der Waals surface area contributed by atoms with E-state index in [4.69, 9.17) is 4.98 Å². The lowest BCUT2D eigenvalue weighted by Crippen LogP contribution is -2.20. The first-order valence-electron chi connectivity index (χ1n) is 7.10. The summed E-state index contributed by atoms with van der Waals surface area (Å²) in [6.45, 7) is 4.53. The summed E-state index contributed by atoms with van der Waals surface area (Å²) in [5.41, 5.74) is 3.77. The van der Waals surface area contributed by atoms with Crippen molar-refractivity contribution in [2.24, 2.45) is 0 Å². The summed E-state index contributed by atoms with van der Waals surface area (Å²) in [5, 5.41) is 0. The molecule has 1 atom stereocenters. The van der Waals surface area contributed by atoms with Crippen LogP contribution in [-0.2, 0) is 13.0 Å². The van der Waals surface area contributed by atoms with Crippen LogP contribution in [0.3, 0.4) is 0 Å². The normalized spacial score (nSPS) is 24.7. The summed E-state index contributed by atoms with van der Waals surface area (Å²) < 4.78 is 13.2. The zero-order valence-electron chi connectivity index (χ0n) is 11.0. The third kappa shape index (κ3) is 2.72. The van der Waals surface area contributed by atoms with Gasteiger partial charge in [-0.25, -0.2) is 4.39 Å². The number of pyridine rings is 1. The highest BCUT2D eigenvalue weighted by Crippen LogP contribution is 2.39. The Morgan fingerprint density at radius 3 is 2.78 bits per heavy atom. The Labute approximate surface area is 108 Å². The second kappa shape index (κ2) is 4.96. The largest absolute Gasteiger partial charge is 0.296 e. The summed E-state index contributed by atoms with van der Waals surface area (Å²) in [6, 6.07) is 4.43. The van der Waals surface area contributed by atoms with Gasteiger partial charge in [-0.2, -0.15) is 0 Å². The second-order valence-electron chi connectivity index (χ2n) is 5.64. The third-order valence-corrected chi connectivity index (χ3v) is 3.94. The predicted molar refractivity (Wildman–Crippen MR) is 70.4 cm³/mol. The molecule has 0 amide bonds. The number of nitrogens with zero attached hydrogens (tertiary/aromatic N) is 2. The van der Waals surface area contributed by atoms with Crippen LogP contribution in [0, 0.1) is 0 Å². The van der Waals surface area contributed by atoms with Crippen molar-refractivity contribution in [2.45, 2.75) is 51.2 Å². The Bertz CT molecular complexity index is 429. The lowest BCUT2D eigenvalue weighted by molar-refractivity contribution is 0.282. The quantitative estimate of drug-likeness (QED) is 0.814. The molecule has 2 heterocycles. The Balaban J connectivity index is 1.75. The minimum atomic E-state index is -0.625. The Kier molecular flexibility index (Phi) is 3.33. The summed E-state index contributed by atoms with van der Waals surface area (Å²) in [5.74, 6) is 0.697. The molecule has 0 N–H and O–H groups in total. The lowest BCUT2D eigenvalue weighted by atomic mass is 10.1. The fourth-order valence-electron chi connectivity index (χ4n) is 2.72. The lowest BCUT2D eigenvalue weighted by Gasteiger charge is -2.16. The Hall–Kier alpha value is -0.960. The van der Waals surface area contributed by atoms with Crippen molar-refractivity contribution in [3.63, 3.8) is 0 Å². The first kappa shape index (κ1) is 12.1. The smallest absolute Gasteiger partial charge is 0.114 e. The van der Waals surface area contributed by atoms with Crippen molar-refractivity contribution in [1.82, 2.24) is 9.88 Å². The van der Waals surface area contributed by atoms with Gasteiger partial charge in [0.05, 0.1) is 0 Å². The van der Waals surface area contributed by atoms with Crippen LogP contribution in [0.5, 0.6) is 0 Å². The summed E-state index contributed by atoms with van der Waals surface area (Å²) >= 11 is 0. The Morgan fingerprint density at radius 2 is 2.17 bits per heavy atom. The number of aryl methyl sites for hydroxylation is 1. The molecule has 2 nitrogen and oxygen atoms in total. The van der Waals surface area contributed by atoms with E-state index in [9.17, 15) is 4.39 Å². The Morgan fingerprint density at radius 1 is 1.33 bits per heavy atom. The van der Waals surface area contributed by atoms with E-state index in [-0.39, 0.29) is 0 Å². The zero-order chi connectivity index (χ0) is 12.5. The maximum Gasteiger partial charge on any atom is 0.114 e.